The molecule has 0 saturated carbocycles. The Bertz CT molecular complexity index is 1090. The van der Waals surface area contributed by atoms with Gasteiger partial charge in [0.15, 0.2) is 5.82 Å². The van der Waals surface area contributed by atoms with Crippen LogP contribution in [0.4, 0.5) is 5.82 Å². The van der Waals surface area contributed by atoms with Crippen molar-refractivity contribution < 1.29 is 14.3 Å². The summed E-state index contributed by atoms with van der Waals surface area (Å²) in [5.74, 6) is -0.233. The normalized spacial score (nSPS) is 16.6. The van der Waals surface area contributed by atoms with E-state index in [1.165, 1.54) is 0 Å². The van der Waals surface area contributed by atoms with Crippen LogP contribution in [0, 0.1) is 5.92 Å². The highest BCUT2D eigenvalue weighted by Gasteiger charge is 2.28. The Kier molecular flexibility index (Phi) is 6.66. The molecule has 166 valence electrons. The minimum absolute atomic E-state index is 0.0999. The number of ether oxygens (including phenoxy) is 1. The van der Waals surface area contributed by atoms with Crippen LogP contribution in [-0.2, 0) is 20.9 Å². The number of hydrogen-bond acceptors (Lipinski definition) is 4. The van der Waals surface area contributed by atoms with Crippen LogP contribution < -0.4 is 10.6 Å². The molecule has 2 aromatic carbocycles. The van der Waals surface area contributed by atoms with Gasteiger partial charge in [0.05, 0.1) is 30.0 Å². The molecule has 1 aliphatic rings. The van der Waals surface area contributed by atoms with Gasteiger partial charge in [0, 0.05) is 24.6 Å². The number of carbonyl (C=O) groups is 2. The second-order valence-electron chi connectivity index (χ2n) is 8.09. The summed E-state index contributed by atoms with van der Waals surface area (Å²) in [6.07, 6.45) is 1.37. The quantitative estimate of drug-likeness (QED) is 0.565. The molecule has 0 aliphatic carbocycles. The number of nitrogens with one attached hydrogen (secondary N) is 2. The van der Waals surface area contributed by atoms with Crippen LogP contribution in [0.25, 0.3) is 16.9 Å². The van der Waals surface area contributed by atoms with Crippen molar-refractivity contribution in [2.75, 3.05) is 11.9 Å². The van der Waals surface area contributed by atoms with Gasteiger partial charge in [0.2, 0.25) is 11.8 Å². The Morgan fingerprint density at radius 3 is 2.75 bits per heavy atom. The van der Waals surface area contributed by atoms with Crippen molar-refractivity contribution in [3.63, 3.8) is 0 Å². The highest BCUT2D eigenvalue weighted by atomic mass is 16.5. The molecule has 3 aromatic rings. The molecule has 1 aliphatic heterocycles. The zero-order valence-corrected chi connectivity index (χ0v) is 18.4. The van der Waals surface area contributed by atoms with Crippen LogP contribution in [0.3, 0.4) is 0 Å². The van der Waals surface area contributed by atoms with Gasteiger partial charge in [0.25, 0.3) is 0 Å². The van der Waals surface area contributed by atoms with Crippen molar-refractivity contribution in [3.05, 3.63) is 66.2 Å². The van der Waals surface area contributed by atoms with Gasteiger partial charge in [-0.05, 0) is 37.1 Å². The molecule has 2 N–H and O–H groups in total. The lowest BCUT2D eigenvalue weighted by Gasteiger charge is -2.12. The topological polar surface area (TPSA) is 85.2 Å². The van der Waals surface area contributed by atoms with E-state index >= 15 is 0 Å². The average molecular weight is 433 g/mol. The molecule has 1 fully saturated rings. The van der Waals surface area contributed by atoms with E-state index in [1.807, 2.05) is 59.3 Å². The molecule has 1 aromatic heterocycles. The summed E-state index contributed by atoms with van der Waals surface area (Å²) in [6.45, 7) is 5.06. The monoisotopic (exact) mass is 432 g/mol. The van der Waals surface area contributed by atoms with E-state index in [4.69, 9.17) is 4.74 Å². The zero-order valence-electron chi connectivity index (χ0n) is 18.4. The fourth-order valence-corrected chi connectivity index (χ4v) is 3.61. The first-order chi connectivity index (χ1) is 15.5. The van der Waals surface area contributed by atoms with Gasteiger partial charge in [-0.2, -0.15) is 0 Å². The third-order valence-electron chi connectivity index (χ3n) is 5.64. The summed E-state index contributed by atoms with van der Waals surface area (Å²) < 4.78 is 7.72. The first-order valence-electron chi connectivity index (χ1n) is 11.0. The average Bonchev–Trinajstić information content (AvgIpc) is 3.44. The highest BCUT2D eigenvalue weighted by molar-refractivity contribution is 5.97. The highest BCUT2D eigenvalue weighted by Crippen LogP contribution is 2.27. The van der Waals surface area contributed by atoms with Gasteiger partial charge in [-0.3, -0.25) is 9.59 Å². The minimum Gasteiger partial charge on any atom is -0.374 e. The standard InChI is InChI=1S/C25H28N4O3/c1-3-17(2)32-16-18-8-7-9-19(12-18)22-14-23(27-25(31)20-13-24(30)26-15-20)28-29(22)21-10-5-4-6-11-21/h4-12,14,17,20H,3,13,15-16H2,1-2H3,(H,26,30)(H,27,28,31)/t17-,20-/m0/s1. The molecule has 32 heavy (non-hydrogen) atoms. The third-order valence-corrected chi connectivity index (χ3v) is 5.64. The fraction of sp³-hybridized carbons (Fsp3) is 0.320. The van der Waals surface area contributed by atoms with E-state index in [0.717, 1.165) is 28.9 Å². The minimum atomic E-state index is -0.381. The number of aromatic nitrogens is 2. The number of para-hydroxylation sites is 1. The van der Waals surface area contributed by atoms with Gasteiger partial charge in [-0.1, -0.05) is 43.3 Å². The second-order valence-corrected chi connectivity index (χ2v) is 8.09. The Labute approximate surface area is 187 Å². The van der Waals surface area contributed by atoms with E-state index in [2.05, 4.69) is 35.6 Å². The number of nitrogens with zero attached hydrogens (tertiary/aromatic N) is 2. The summed E-state index contributed by atoms with van der Waals surface area (Å²) in [4.78, 5) is 24.1. The lowest BCUT2D eigenvalue weighted by atomic mass is 10.1. The van der Waals surface area contributed by atoms with E-state index in [1.54, 1.807) is 0 Å². The summed E-state index contributed by atoms with van der Waals surface area (Å²) in [5.41, 5.74) is 3.80. The molecule has 0 bridgehead atoms. The molecule has 2 atom stereocenters. The van der Waals surface area contributed by atoms with Crippen molar-refractivity contribution in [2.24, 2.45) is 5.92 Å². The summed E-state index contributed by atoms with van der Waals surface area (Å²) >= 11 is 0. The molecule has 0 spiro atoms. The molecular weight excluding hydrogens is 404 g/mol. The van der Waals surface area contributed by atoms with E-state index in [9.17, 15) is 9.59 Å². The molecule has 0 unspecified atom stereocenters. The van der Waals surface area contributed by atoms with Crippen molar-refractivity contribution in [1.82, 2.24) is 15.1 Å². The first-order valence-corrected chi connectivity index (χ1v) is 11.0. The number of anilines is 1. The molecule has 0 radical (unpaired) electrons. The summed E-state index contributed by atoms with van der Waals surface area (Å²) in [7, 11) is 0. The van der Waals surface area contributed by atoms with Gasteiger partial charge in [0.1, 0.15) is 0 Å². The molecular formula is C25H28N4O3. The number of hydrogen-bond donors (Lipinski definition) is 2. The number of rotatable bonds is 8. The maximum absolute atomic E-state index is 12.6. The smallest absolute Gasteiger partial charge is 0.230 e. The molecule has 2 heterocycles. The summed E-state index contributed by atoms with van der Waals surface area (Å²) in [5, 5.41) is 10.2. The van der Waals surface area contributed by atoms with Crippen LogP contribution in [0.2, 0.25) is 0 Å². The Morgan fingerprint density at radius 1 is 1.22 bits per heavy atom. The summed E-state index contributed by atoms with van der Waals surface area (Å²) in [6, 6.07) is 19.8. The number of carbonyl (C=O) groups excluding carboxylic acids is 2. The Balaban J connectivity index is 1.63. The third kappa shape index (κ3) is 5.06. The van der Waals surface area contributed by atoms with Gasteiger partial charge >= 0.3 is 0 Å². The molecule has 4 rings (SSSR count). The van der Waals surface area contributed by atoms with Crippen molar-refractivity contribution in [1.29, 1.82) is 0 Å². The first kappa shape index (κ1) is 21.8. The molecule has 2 amide bonds. The van der Waals surface area contributed by atoms with Crippen molar-refractivity contribution >= 4 is 17.6 Å². The number of amides is 2. The van der Waals surface area contributed by atoms with Gasteiger partial charge in [-0.25, -0.2) is 4.68 Å². The van der Waals surface area contributed by atoms with Crippen LogP contribution in [0.5, 0.6) is 0 Å². The maximum Gasteiger partial charge on any atom is 0.230 e. The van der Waals surface area contributed by atoms with E-state index in [-0.39, 0.29) is 30.3 Å². The fourth-order valence-electron chi connectivity index (χ4n) is 3.61. The predicted octanol–water partition coefficient (Wildman–Crippen LogP) is 3.93. The Hall–Kier alpha value is -3.45. The lowest BCUT2D eigenvalue weighted by molar-refractivity contribution is -0.123. The van der Waals surface area contributed by atoms with Crippen LogP contribution >= 0.6 is 0 Å². The van der Waals surface area contributed by atoms with E-state index in [0.29, 0.717) is 19.0 Å². The van der Waals surface area contributed by atoms with Gasteiger partial charge < -0.3 is 15.4 Å². The van der Waals surface area contributed by atoms with Crippen molar-refractivity contribution in [2.45, 2.75) is 39.4 Å². The van der Waals surface area contributed by atoms with E-state index < -0.39 is 0 Å². The molecule has 7 heteroatoms. The zero-order chi connectivity index (χ0) is 22.5. The van der Waals surface area contributed by atoms with Gasteiger partial charge in [-0.15, -0.1) is 5.10 Å². The lowest BCUT2D eigenvalue weighted by Crippen LogP contribution is -2.24. The molecule has 1 saturated heterocycles. The maximum atomic E-state index is 12.6. The number of benzene rings is 2. The van der Waals surface area contributed by atoms with Crippen molar-refractivity contribution in [3.8, 4) is 16.9 Å². The molecule has 7 nitrogen and oxygen atoms in total. The SMILES string of the molecule is CC[C@H](C)OCc1cccc(-c2cc(NC(=O)[C@@H]3CNC(=O)C3)nn2-c2ccccc2)c1. The van der Waals surface area contributed by atoms with Crippen LogP contribution in [0.15, 0.2) is 60.7 Å². The predicted molar refractivity (Wildman–Crippen MR) is 123 cm³/mol. The Morgan fingerprint density at radius 2 is 2.03 bits per heavy atom. The van der Waals surface area contributed by atoms with Crippen LogP contribution in [0.1, 0.15) is 32.3 Å². The largest absolute Gasteiger partial charge is 0.374 e. The second kappa shape index (κ2) is 9.78. The van der Waals surface area contributed by atoms with Crippen LogP contribution in [-0.4, -0.2) is 34.2 Å².